The molecule has 1 N–H and O–H groups in total. The van der Waals surface area contributed by atoms with Gasteiger partial charge in [-0.25, -0.2) is 0 Å². The highest BCUT2D eigenvalue weighted by Gasteiger charge is 2.51. The summed E-state index contributed by atoms with van der Waals surface area (Å²) in [4.78, 5) is 13.2. The maximum Gasteiger partial charge on any atom is 0.233 e. The van der Waals surface area contributed by atoms with Gasteiger partial charge in [0, 0.05) is 17.1 Å². The van der Waals surface area contributed by atoms with E-state index in [9.17, 15) is 4.79 Å². The van der Waals surface area contributed by atoms with Crippen molar-refractivity contribution < 1.29 is 4.79 Å². The van der Waals surface area contributed by atoms with E-state index in [2.05, 4.69) is 32.2 Å². The summed E-state index contributed by atoms with van der Waals surface area (Å²) in [6, 6.07) is 10.3. The summed E-state index contributed by atoms with van der Waals surface area (Å²) in [7, 11) is 0. The first kappa shape index (κ1) is 18.9. The highest BCUT2D eigenvalue weighted by atomic mass is 32.2. The Labute approximate surface area is 182 Å². The SMILES string of the molecule is CC(Sc1nnc(C2CC2)n1-c1ccccc1)C(=O)NC12CC3CC(CC(C3)C1)C2. The number of carbonyl (C=O) groups excluding carboxylic acids is 1. The molecular weight excluding hydrogens is 392 g/mol. The molecule has 1 amide bonds. The minimum absolute atomic E-state index is 0.0624. The van der Waals surface area contributed by atoms with E-state index >= 15 is 0 Å². The van der Waals surface area contributed by atoms with E-state index in [4.69, 9.17) is 0 Å². The first-order valence-corrected chi connectivity index (χ1v) is 12.5. The van der Waals surface area contributed by atoms with Crippen LogP contribution in [0.2, 0.25) is 0 Å². The highest BCUT2D eigenvalue weighted by molar-refractivity contribution is 8.00. The van der Waals surface area contributed by atoms with Gasteiger partial charge in [0.25, 0.3) is 0 Å². The largest absolute Gasteiger partial charge is 0.350 e. The molecule has 5 nitrogen and oxygen atoms in total. The van der Waals surface area contributed by atoms with Gasteiger partial charge in [0.05, 0.1) is 5.25 Å². The first-order chi connectivity index (χ1) is 14.6. The molecule has 1 heterocycles. The normalized spacial score (nSPS) is 32.9. The van der Waals surface area contributed by atoms with Crippen LogP contribution < -0.4 is 5.32 Å². The molecule has 5 saturated carbocycles. The van der Waals surface area contributed by atoms with Crippen LogP contribution in [0.15, 0.2) is 35.5 Å². The molecule has 0 radical (unpaired) electrons. The molecule has 1 aromatic carbocycles. The van der Waals surface area contributed by atoms with E-state index in [1.165, 1.54) is 51.4 Å². The maximum atomic E-state index is 13.2. The molecule has 5 aliphatic rings. The number of nitrogens with zero attached hydrogens (tertiary/aromatic N) is 3. The molecule has 0 spiro atoms. The van der Waals surface area contributed by atoms with Crippen molar-refractivity contribution in [3.63, 3.8) is 0 Å². The van der Waals surface area contributed by atoms with Crippen LogP contribution in [0.1, 0.15) is 70.0 Å². The Bertz CT molecular complexity index is 916. The van der Waals surface area contributed by atoms with Crippen LogP contribution in [0.3, 0.4) is 0 Å². The molecule has 6 heteroatoms. The van der Waals surface area contributed by atoms with Crippen LogP contribution in [0, 0.1) is 17.8 Å². The standard InChI is InChI=1S/C24H30N4OS/c1-15(22(29)25-24-12-16-9-17(13-24)11-18(10-16)14-24)30-23-27-26-21(19-7-8-19)28(23)20-5-3-2-4-6-20/h2-6,15-19H,7-14H2,1H3,(H,25,29). The van der Waals surface area contributed by atoms with E-state index in [0.29, 0.717) is 5.92 Å². The molecule has 0 aliphatic heterocycles. The second kappa shape index (κ2) is 7.11. The van der Waals surface area contributed by atoms with Gasteiger partial charge in [0.2, 0.25) is 5.91 Å². The van der Waals surface area contributed by atoms with Gasteiger partial charge >= 0.3 is 0 Å². The lowest BCUT2D eigenvalue weighted by atomic mass is 9.53. The number of aromatic nitrogens is 3. The molecular formula is C24H30N4OS. The lowest BCUT2D eigenvalue weighted by Crippen LogP contribution is -2.60. The number of rotatable bonds is 6. The summed E-state index contributed by atoms with van der Waals surface area (Å²) >= 11 is 1.55. The Morgan fingerprint density at radius 3 is 2.30 bits per heavy atom. The minimum atomic E-state index is -0.184. The molecule has 7 rings (SSSR count). The monoisotopic (exact) mass is 422 g/mol. The zero-order valence-electron chi connectivity index (χ0n) is 17.6. The molecule has 1 unspecified atom stereocenters. The zero-order chi connectivity index (χ0) is 20.3. The third-order valence-corrected chi connectivity index (χ3v) is 8.74. The minimum Gasteiger partial charge on any atom is -0.350 e. The summed E-state index contributed by atoms with van der Waals surface area (Å²) in [5.41, 5.74) is 1.15. The third kappa shape index (κ3) is 3.37. The molecule has 5 fully saturated rings. The Morgan fingerprint density at radius 1 is 1.07 bits per heavy atom. The smallest absolute Gasteiger partial charge is 0.233 e. The van der Waals surface area contributed by atoms with Gasteiger partial charge in [0.15, 0.2) is 5.16 Å². The number of hydrogen-bond donors (Lipinski definition) is 1. The Balaban J connectivity index is 1.20. The van der Waals surface area contributed by atoms with Gasteiger partial charge in [-0.2, -0.15) is 0 Å². The number of para-hydroxylation sites is 1. The van der Waals surface area contributed by atoms with Gasteiger partial charge in [-0.3, -0.25) is 9.36 Å². The summed E-state index contributed by atoms with van der Waals surface area (Å²) in [5, 5.41) is 13.2. The van der Waals surface area contributed by atoms with Crippen molar-refractivity contribution in [1.82, 2.24) is 20.1 Å². The Morgan fingerprint density at radius 2 is 1.70 bits per heavy atom. The van der Waals surface area contributed by atoms with E-state index in [1.54, 1.807) is 11.8 Å². The van der Waals surface area contributed by atoms with Crippen LogP contribution >= 0.6 is 11.8 Å². The number of amides is 1. The van der Waals surface area contributed by atoms with Gasteiger partial charge in [-0.05, 0) is 88.2 Å². The van der Waals surface area contributed by atoms with Gasteiger partial charge < -0.3 is 5.32 Å². The molecule has 30 heavy (non-hydrogen) atoms. The quantitative estimate of drug-likeness (QED) is 0.685. The predicted molar refractivity (Wildman–Crippen MR) is 118 cm³/mol. The number of thioether (sulfide) groups is 1. The molecule has 2 aromatic rings. The predicted octanol–water partition coefficient (Wildman–Crippen LogP) is 4.71. The fourth-order valence-corrected chi connectivity index (χ4v) is 7.50. The fourth-order valence-electron chi connectivity index (χ4n) is 6.62. The molecule has 5 aliphatic carbocycles. The highest BCUT2D eigenvalue weighted by Crippen LogP contribution is 2.55. The van der Waals surface area contributed by atoms with Gasteiger partial charge in [0.1, 0.15) is 5.82 Å². The number of benzene rings is 1. The lowest BCUT2D eigenvalue weighted by molar-refractivity contribution is -0.126. The van der Waals surface area contributed by atoms with E-state index in [1.807, 2.05) is 25.1 Å². The molecule has 0 saturated heterocycles. The van der Waals surface area contributed by atoms with Crippen LogP contribution in [0.25, 0.3) is 5.69 Å². The number of carbonyl (C=O) groups is 1. The van der Waals surface area contributed by atoms with Crippen LogP contribution in [-0.2, 0) is 4.79 Å². The average Bonchev–Trinajstić information content (AvgIpc) is 3.47. The van der Waals surface area contributed by atoms with Gasteiger partial charge in [-0.1, -0.05) is 30.0 Å². The van der Waals surface area contributed by atoms with Crippen molar-refractivity contribution in [2.24, 2.45) is 17.8 Å². The van der Waals surface area contributed by atoms with Crippen molar-refractivity contribution in [3.05, 3.63) is 36.2 Å². The maximum absolute atomic E-state index is 13.2. The average molecular weight is 423 g/mol. The summed E-state index contributed by atoms with van der Waals surface area (Å²) < 4.78 is 2.16. The van der Waals surface area contributed by atoms with Crippen LogP contribution in [0.4, 0.5) is 0 Å². The lowest BCUT2D eigenvalue weighted by Gasteiger charge is -2.57. The van der Waals surface area contributed by atoms with Crippen molar-refractivity contribution in [2.75, 3.05) is 0 Å². The number of hydrogen-bond acceptors (Lipinski definition) is 4. The fraction of sp³-hybridized carbons (Fsp3) is 0.625. The Kier molecular flexibility index (Phi) is 4.48. The summed E-state index contributed by atoms with van der Waals surface area (Å²) in [6.07, 6.45) is 10.1. The van der Waals surface area contributed by atoms with Crippen molar-refractivity contribution >= 4 is 17.7 Å². The summed E-state index contributed by atoms with van der Waals surface area (Å²) in [5.74, 6) is 4.21. The van der Waals surface area contributed by atoms with Crippen molar-refractivity contribution in [3.8, 4) is 5.69 Å². The van der Waals surface area contributed by atoms with Crippen LogP contribution in [-0.4, -0.2) is 31.5 Å². The van der Waals surface area contributed by atoms with Gasteiger partial charge in [-0.15, -0.1) is 10.2 Å². The molecule has 4 bridgehead atoms. The van der Waals surface area contributed by atoms with E-state index in [0.717, 1.165) is 34.4 Å². The number of nitrogens with one attached hydrogen (secondary N) is 1. The Hall–Kier alpha value is -1.82. The molecule has 1 aromatic heterocycles. The van der Waals surface area contributed by atoms with Crippen molar-refractivity contribution in [1.29, 1.82) is 0 Å². The van der Waals surface area contributed by atoms with Crippen LogP contribution in [0.5, 0.6) is 0 Å². The molecule has 158 valence electrons. The second-order valence-corrected chi connectivity index (χ2v) is 11.5. The summed E-state index contributed by atoms with van der Waals surface area (Å²) in [6.45, 7) is 2.02. The van der Waals surface area contributed by atoms with E-state index in [-0.39, 0.29) is 16.7 Å². The first-order valence-electron chi connectivity index (χ1n) is 11.6. The zero-order valence-corrected chi connectivity index (χ0v) is 18.4. The molecule has 1 atom stereocenters. The van der Waals surface area contributed by atoms with Crippen molar-refractivity contribution in [2.45, 2.75) is 80.2 Å². The topological polar surface area (TPSA) is 59.8 Å². The second-order valence-electron chi connectivity index (χ2n) is 10.2. The van der Waals surface area contributed by atoms with E-state index < -0.39 is 0 Å². The third-order valence-electron chi connectivity index (χ3n) is 7.69.